The fourth-order valence-corrected chi connectivity index (χ4v) is 2.42. The normalized spacial score (nSPS) is 10.6. The number of fused-ring (bicyclic) bond motifs is 1. The minimum atomic E-state index is -0.843. The second kappa shape index (κ2) is 7.70. The number of rotatable bonds is 4. The van der Waals surface area contributed by atoms with Gasteiger partial charge in [0.2, 0.25) is 6.54 Å². The van der Waals surface area contributed by atoms with Crippen molar-refractivity contribution in [2.45, 2.75) is 6.54 Å². The minimum absolute atomic E-state index is 0. The summed E-state index contributed by atoms with van der Waals surface area (Å²) in [4.78, 5) is 10.7. The third-order valence-corrected chi connectivity index (χ3v) is 3.51. The molecule has 0 unspecified atom stereocenters. The van der Waals surface area contributed by atoms with E-state index in [-0.39, 0.29) is 23.5 Å². The quantitative estimate of drug-likeness (QED) is 0.675. The lowest BCUT2D eigenvalue weighted by Gasteiger charge is -2.01. The summed E-state index contributed by atoms with van der Waals surface area (Å²) in [5.41, 5.74) is 2.20. The van der Waals surface area contributed by atoms with Crippen LogP contribution in [-0.2, 0) is 11.3 Å². The summed E-state index contributed by atoms with van der Waals surface area (Å²) < 4.78 is 1.64. The van der Waals surface area contributed by atoms with Gasteiger partial charge in [-0.15, -0.1) is 0 Å². The zero-order valence-corrected chi connectivity index (χ0v) is 14.0. The molecule has 0 amide bonds. The van der Waals surface area contributed by atoms with Crippen LogP contribution in [0.25, 0.3) is 22.9 Å². The van der Waals surface area contributed by atoms with Crippen LogP contribution in [0.2, 0.25) is 0 Å². The molecular formula is C19H16BrNO2. The van der Waals surface area contributed by atoms with Crippen molar-refractivity contribution in [3.8, 4) is 0 Å². The number of carboxylic acids is 1. The number of nitrogens with zero attached hydrogens (tertiary/aromatic N) is 1. The summed E-state index contributed by atoms with van der Waals surface area (Å²) in [5.74, 6) is -0.843. The Hall–Kier alpha value is -2.46. The summed E-state index contributed by atoms with van der Waals surface area (Å²) in [6.07, 6.45) is 7.67. The molecule has 0 saturated carbocycles. The van der Waals surface area contributed by atoms with Crippen molar-refractivity contribution in [1.82, 2.24) is 0 Å². The SMILES string of the molecule is O=C(O)C[n+]1ccc(C=Cc2cccc3ccccc23)cc1.[Br-]. The molecule has 1 N–H and O–H groups in total. The first-order valence-electron chi connectivity index (χ1n) is 7.09. The van der Waals surface area contributed by atoms with Crippen molar-refractivity contribution in [2.75, 3.05) is 0 Å². The van der Waals surface area contributed by atoms with E-state index in [1.165, 1.54) is 16.3 Å². The molecule has 0 atom stereocenters. The van der Waals surface area contributed by atoms with Gasteiger partial charge in [0.05, 0.1) is 0 Å². The summed E-state index contributed by atoms with van der Waals surface area (Å²) in [7, 11) is 0. The number of carbonyl (C=O) groups is 1. The maximum Gasteiger partial charge on any atom is 0.370 e. The number of benzene rings is 2. The topological polar surface area (TPSA) is 41.2 Å². The van der Waals surface area contributed by atoms with Crippen molar-refractivity contribution >= 4 is 28.9 Å². The first-order valence-corrected chi connectivity index (χ1v) is 7.09. The lowest BCUT2D eigenvalue weighted by Crippen LogP contribution is -3.00. The standard InChI is InChI=1S/C19H15NO2.BrH/c21-19(22)14-20-12-10-15(11-13-20)8-9-17-6-3-5-16-4-1-2-7-18(16)17;/h1-13H,14H2;1H. The highest BCUT2D eigenvalue weighted by Crippen LogP contribution is 2.20. The number of aromatic nitrogens is 1. The fourth-order valence-electron chi connectivity index (χ4n) is 2.42. The van der Waals surface area contributed by atoms with E-state index >= 15 is 0 Å². The van der Waals surface area contributed by atoms with E-state index in [1.54, 1.807) is 17.0 Å². The van der Waals surface area contributed by atoms with Gasteiger partial charge in [-0.2, -0.15) is 4.57 Å². The van der Waals surface area contributed by atoms with Gasteiger partial charge in [-0.3, -0.25) is 0 Å². The number of pyridine rings is 1. The number of aliphatic carboxylic acids is 1. The first-order chi connectivity index (χ1) is 10.7. The van der Waals surface area contributed by atoms with E-state index in [0.29, 0.717) is 0 Å². The predicted octanol–water partition coefficient (Wildman–Crippen LogP) is 0.386. The van der Waals surface area contributed by atoms with Gasteiger partial charge in [-0.1, -0.05) is 54.6 Å². The van der Waals surface area contributed by atoms with Crippen LogP contribution in [0.1, 0.15) is 11.1 Å². The molecular weight excluding hydrogens is 354 g/mol. The van der Waals surface area contributed by atoms with E-state index in [1.807, 2.05) is 36.4 Å². The molecule has 1 aromatic heterocycles. The van der Waals surface area contributed by atoms with Crippen LogP contribution < -0.4 is 21.5 Å². The van der Waals surface area contributed by atoms with Crippen molar-refractivity contribution < 1.29 is 31.4 Å². The maximum absolute atomic E-state index is 10.7. The number of hydrogen-bond acceptors (Lipinski definition) is 1. The van der Waals surface area contributed by atoms with Crippen LogP contribution in [-0.4, -0.2) is 11.1 Å². The summed E-state index contributed by atoms with van der Waals surface area (Å²) in [6, 6.07) is 18.3. The molecule has 0 spiro atoms. The molecule has 3 aromatic rings. The number of hydrogen-bond donors (Lipinski definition) is 1. The van der Waals surface area contributed by atoms with Crippen LogP contribution in [0.15, 0.2) is 67.0 Å². The van der Waals surface area contributed by atoms with Gasteiger partial charge in [0.25, 0.3) is 0 Å². The first kappa shape index (κ1) is 16.9. The second-order valence-corrected chi connectivity index (χ2v) is 5.10. The van der Waals surface area contributed by atoms with E-state index in [2.05, 4.69) is 30.3 Å². The Kier molecular flexibility index (Phi) is 5.66. The molecule has 1 heterocycles. The Morgan fingerprint density at radius 2 is 1.65 bits per heavy atom. The van der Waals surface area contributed by atoms with Crippen LogP contribution in [0.5, 0.6) is 0 Å². The van der Waals surface area contributed by atoms with Crippen molar-refractivity contribution in [2.24, 2.45) is 0 Å². The third-order valence-electron chi connectivity index (χ3n) is 3.51. The van der Waals surface area contributed by atoms with Crippen molar-refractivity contribution in [3.05, 3.63) is 78.1 Å². The third kappa shape index (κ3) is 4.27. The van der Waals surface area contributed by atoms with Crippen LogP contribution in [0.4, 0.5) is 0 Å². The van der Waals surface area contributed by atoms with E-state index in [4.69, 9.17) is 5.11 Å². The summed E-state index contributed by atoms with van der Waals surface area (Å²) in [5, 5.41) is 11.2. The van der Waals surface area contributed by atoms with E-state index in [9.17, 15) is 4.79 Å². The lowest BCUT2D eigenvalue weighted by molar-refractivity contribution is -0.685. The highest BCUT2D eigenvalue weighted by atomic mass is 79.9. The zero-order chi connectivity index (χ0) is 15.4. The predicted molar refractivity (Wildman–Crippen MR) is 87.1 cm³/mol. The largest absolute Gasteiger partial charge is 1.00 e. The Balaban J connectivity index is 0.00000192. The Morgan fingerprint density at radius 3 is 2.39 bits per heavy atom. The summed E-state index contributed by atoms with van der Waals surface area (Å²) >= 11 is 0. The van der Waals surface area contributed by atoms with Gasteiger partial charge in [-0.25, -0.2) is 4.79 Å². The molecule has 0 aliphatic heterocycles. The average Bonchev–Trinajstić information content (AvgIpc) is 2.54. The van der Waals surface area contributed by atoms with E-state index in [0.717, 1.165) is 5.56 Å². The molecule has 3 rings (SSSR count). The van der Waals surface area contributed by atoms with E-state index < -0.39 is 5.97 Å². The van der Waals surface area contributed by atoms with Crippen LogP contribution in [0, 0.1) is 0 Å². The Morgan fingerprint density at radius 1 is 0.957 bits per heavy atom. The van der Waals surface area contributed by atoms with Crippen LogP contribution >= 0.6 is 0 Å². The molecule has 116 valence electrons. The highest BCUT2D eigenvalue weighted by Gasteiger charge is 2.05. The maximum atomic E-state index is 10.7. The van der Waals surface area contributed by atoms with Gasteiger partial charge in [0, 0.05) is 12.1 Å². The Bertz CT molecular complexity index is 836. The molecule has 0 fully saturated rings. The highest BCUT2D eigenvalue weighted by molar-refractivity contribution is 5.92. The second-order valence-electron chi connectivity index (χ2n) is 5.10. The van der Waals surface area contributed by atoms with Gasteiger partial charge in [0.15, 0.2) is 12.4 Å². The van der Waals surface area contributed by atoms with Crippen molar-refractivity contribution in [1.29, 1.82) is 0 Å². The average molecular weight is 370 g/mol. The monoisotopic (exact) mass is 369 g/mol. The zero-order valence-electron chi connectivity index (χ0n) is 12.4. The number of halogens is 1. The summed E-state index contributed by atoms with van der Waals surface area (Å²) in [6.45, 7) is -0.0205. The van der Waals surface area contributed by atoms with Gasteiger partial charge >= 0.3 is 5.97 Å². The molecule has 0 bridgehead atoms. The van der Waals surface area contributed by atoms with Gasteiger partial charge < -0.3 is 22.1 Å². The molecule has 0 radical (unpaired) electrons. The van der Waals surface area contributed by atoms with Crippen LogP contribution in [0.3, 0.4) is 0 Å². The van der Waals surface area contributed by atoms with Crippen molar-refractivity contribution in [3.63, 3.8) is 0 Å². The fraction of sp³-hybridized carbons (Fsp3) is 0.0526. The van der Waals surface area contributed by atoms with Gasteiger partial charge in [-0.05, 0) is 21.9 Å². The Labute approximate surface area is 145 Å². The minimum Gasteiger partial charge on any atom is -1.00 e. The molecule has 23 heavy (non-hydrogen) atoms. The number of carboxylic acid groups (broad SMARTS) is 1. The molecule has 0 saturated heterocycles. The smallest absolute Gasteiger partial charge is 0.370 e. The molecule has 0 aliphatic carbocycles. The molecule has 4 heteroatoms. The lowest BCUT2D eigenvalue weighted by atomic mass is 10.0. The van der Waals surface area contributed by atoms with Gasteiger partial charge in [0.1, 0.15) is 0 Å². The molecule has 2 aromatic carbocycles. The molecule has 3 nitrogen and oxygen atoms in total. The molecule has 0 aliphatic rings.